The molecule has 0 heterocycles. The molecule has 1 aliphatic carbocycles. The summed E-state index contributed by atoms with van der Waals surface area (Å²) in [5.41, 5.74) is 0.891. The number of aliphatic hydroxyl groups is 1. The molecule has 96 valence electrons. The van der Waals surface area contributed by atoms with Gasteiger partial charge < -0.3 is 5.11 Å². The van der Waals surface area contributed by atoms with Gasteiger partial charge >= 0.3 is 0 Å². The zero-order valence-electron chi connectivity index (χ0n) is 11.0. The molecule has 0 aromatic rings. The smallest absolute Gasteiger partial charge is 0.159 e. The van der Waals surface area contributed by atoms with E-state index in [1.165, 1.54) is 0 Å². The normalized spacial score (nSPS) is 31.8. The molecule has 2 heteroatoms. The molecule has 0 saturated heterocycles. The van der Waals surface area contributed by atoms with E-state index >= 15 is 0 Å². The van der Waals surface area contributed by atoms with E-state index in [1.54, 1.807) is 6.08 Å². The molecule has 0 bridgehead atoms. The molecular formula is C15H24O2. The van der Waals surface area contributed by atoms with Crippen LogP contribution in [0, 0.1) is 11.3 Å². The van der Waals surface area contributed by atoms with E-state index in [0.717, 1.165) is 31.3 Å². The van der Waals surface area contributed by atoms with Crippen LogP contribution in [0.3, 0.4) is 0 Å². The van der Waals surface area contributed by atoms with Crippen molar-refractivity contribution in [1.29, 1.82) is 0 Å². The summed E-state index contributed by atoms with van der Waals surface area (Å²) in [5, 5.41) is 8.87. The van der Waals surface area contributed by atoms with Gasteiger partial charge in [-0.25, -0.2) is 0 Å². The highest BCUT2D eigenvalue weighted by molar-refractivity contribution is 5.97. The molecule has 0 aliphatic heterocycles. The van der Waals surface area contributed by atoms with Gasteiger partial charge in [0.25, 0.3) is 0 Å². The fourth-order valence-electron chi connectivity index (χ4n) is 2.77. The molecule has 1 N–H and O–H groups in total. The summed E-state index contributed by atoms with van der Waals surface area (Å²) in [6, 6.07) is 0. The number of carbonyl (C=O) groups is 1. The Labute approximate surface area is 104 Å². The number of ketones is 1. The van der Waals surface area contributed by atoms with Crippen molar-refractivity contribution in [1.82, 2.24) is 0 Å². The number of hydrogen-bond acceptors (Lipinski definition) is 2. The molecule has 1 aliphatic rings. The topological polar surface area (TPSA) is 37.3 Å². The Morgan fingerprint density at radius 1 is 1.53 bits per heavy atom. The van der Waals surface area contributed by atoms with Crippen LogP contribution in [0.1, 0.15) is 46.0 Å². The van der Waals surface area contributed by atoms with E-state index in [9.17, 15) is 4.79 Å². The first-order chi connectivity index (χ1) is 8.06. The molecule has 17 heavy (non-hydrogen) atoms. The second-order valence-electron chi connectivity index (χ2n) is 5.28. The van der Waals surface area contributed by atoms with Crippen molar-refractivity contribution < 1.29 is 9.90 Å². The van der Waals surface area contributed by atoms with Crippen molar-refractivity contribution in [3.8, 4) is 0 Å². The van der Waals surface area contributed by atoms with Crippen LogP contribution in [-0.2, 0) is 4.79 Å². The summed E-state index contributed by atoms with van der Waals surface area (Å²) in [5.74, 6) is 0.791. The van der Waals surface area contributed by atoms with Crippen molar-refractivity contribution in [3.63, 3.8) is 0 Å². The van der Waals surface area contributed by atoms with Crippen molar-refractivity contribution in [2.75, 3.05) is 6.61 Å². The predicted octanol–water partition coefficient (Wildman–Crippen LogP) is 3.27. The fourth-order valence-corrected chi connectivity index (χ4v) is 2.77. The molecule has 1 rings (SSSR count). The van der Waals surface area contributed by atoms with Gasteiger partial charge in [0.05, 0.1) is 0 Å². The minimum Gasteiger partial charge on any atom is -0.396 e. The van der Waals surface area contributed by atoms with Crippen LogP contribution < -0.4 is 0 Å². The first-order valence-electron chi connectivity index (χ1n) is 6.53. The highest BCUT2D eigenvalue weighted by atomic mass is 16.2. The average molecular weight is 236 g/mol. The second-order valence-corrected chi connectivity index (χ2v) is 5.28. The van der Waals surface area contributed by atoms with Crippen molar-refractivity contribution in [2.24, 2.45) is 11.3 Å². The van der Waals surface area contributed by atoms with Gasteiger partial charge in [-0.3, -0.25) is 4.79 Å². The minimum atomic E-state index is -0.0430. The SMILES string of the molecule is C=C/C=C1\C(=O)CC[C@@H](C)[C@]1(C)CCCCO. The molecule has 0 unspecified atom stereocenters. The van der Waals surface area contributed by atoms with E-state index < -0.39 is 0 Å². The van der Waals surface area contributed by atoms with Crippen molar-refractivity contribution in [3.05, 3.63) is 24.3 Å². The maximum atomic E-state index is 12.0. The van der Waals surface area contributed by atoms with Crippen LogP contribution in [0.25, 0.3) is 0 Å². The van der Waals surface area contributed by atoms with E-state index in [1.807, 2.05) is 6.08 Å². The lowest BCUT2D eigenvalue weighted by Gasteiger charge is -2.41. The third-order valence-corrected chi connectivity index (χ3v) is 4.20. The number of Topliss-reactive ketones (excluding diaryl/α,β-unsaturated/α-hetero) is 1. The van der Waals surface area contributed by atoms with E-state index in [-0.39, 0.29) is 17.8 Å². The lowest BCUT2D eigenvalue weighted by molar-refractivity contribution is -0.119. The minimum absolute atomic E-state index is 0.0430. The fraction of sp³-hybridized carbons (Fsp3) is 0.667. The molecule has 0 aromatic carbocycles. The first-order valence-corrected chi connectivity index (χ1v) is 6.53. The van der Waals surface area contributed by atoms with Gasteiger partial charge in [-0.2, -0.15) is 0 Å². The summed E-state index contributed by atoms with van der Waals surface area (Å²) < 4.78 is 0. The van der Waals surface area contributed by atoms with Crippen molar-refractivity contribution >= 4 is 5.78 Å². The molecule has 1 fully saturated rings. The van der Waals surface area contributed by atoms with Crippen LogP contribution in [0.4, 0.5) is 0 Å². The summed E-state index contributed by atoms with van der Waals surface area (Å²) in [6.07, 6.45) is 8.00. The van der Waals surface area contributed by atoms with Gasteiger partial charge in [0.2, 0.25) is 0 Å². The Hall–Kier alpha value is -0.890. The van der Waals surface area contributed by atoms with Crippen LogP contribution in [0.2, 0.25) is 0 Å². The molecule has 0 radical (unpaired) electrons. The Kier molecular flexibility index (Phi) is 5.13. The summed E-state index contributed by atoms with van der Waals surface area (Å²) >= 11 is 0. The molecule has 2 atom stereocenters. The maximum absolute atomic E-state index is 12.0. The summed E-state index contributed by atoms with van der Waals surface area (Å²) in [7, 11) is 0. The summed E-state index contributed by atoms with van der Waals surface area (Å²) in [6.45, 7) is 8.35. The van der Waals surface area contributed by atoms with Gasteiger partial charge in [-0.15, -0.1) is 0 Å². The zero-order chi connectivity index (χ0) is 12.9. The molecule has 0 spiro atoms. The Bertz CT molecular complexity index is 317. The van der Waals surface area contributed by atoms with E-state index in [0.29, 0.717) is 12.3 Å². The van der Waals surface area contributed by atoms with E-state index in [2.05, 4.69) is 20.4 Å². The van der Waals surface area contributed by atoms with Gasteiger partial charge in [0.15, 0.2) is 5.78 Å². The van der Waals surface area contributed by atoms with Crippen molar-refractivity contribution in [2.45, 2.75) is 46.0 Å². The Morgan fingerprint density at radius 3 is 2.82 bits per heavy atom. The standard InChI is InChI=1S/C15H24O2/c1-4-7-13-14(17)9-8-12(2)15(13,3)10-5-6-11-16/h4,7,12,16H,1,5-6,8-11H2,2-3H3/b13-7+/t12-,15+/m1/s1. The number of allylic oxidation sites excluding steroid dienone is 3. The van der Waals surface area contributed by atoms with Crippen LogP contribution in [0.15, 0.2) is 24.3 Å². The molecule has 1 saturated carbocycles. The predicted molar refractivity (Wildman–Crippen MR) is 70.7 cm³/mol. The van der Waals surface area contributed by atoms with Crippen LogP contribution in [0.5, 0.6) is 0 Å². The average Bonchev–Trinajstić information content (AvgIpc) is 2.31. The lowest BCUT2D eigenvalue weighted by atomic mass is 9.62. The van der Waals surface area contributed by atoms with Gasteiger partial charge in [0.1, 0.15) is 0 Å². The Balaban J connectivity index is 2.90. The number of carbonyl (C=O) groups excluding carboxylic acids is 1. The number of aliphatic hydroxyl groups excluding tert-OH is 1. The van der Waals surface area contributed by atoms with Crippen LogP contribution >= 0.6 is 0 Å². The highest BCUT2D eigenvalue weighted by Gasteiger charge is 2.40. The Morgan fingerprint density at radius 2 is 2.24 bits per heavy atom. The van der Waals surface area contributed by atoms with E-state index in [4.69, 9.17) is 5.11 Å². The van der Waals surface area contributed by atoms with Crippen LogP contribution in [-0.4, -0.2) is 17.5 Å². The third-order valence-electron chi connectivity index (χ3n) is 4.20. The summed E-state index contributed by atoms with van der Waals surface area (Å²) in [4.78, 5) is 12.0. The number of unbranched alkanes of at least 4 members (excludes halogenated alkanes) is 1. The zero-order valence-corrected chi connectivity index (χ0v) is 11.0. The first kappa shape index (κ1) is 14.2. The second kappa shape index (κ2) is 6.15. The monoisotopic (exact) mass is 236 g/mol. The van der Waals surface area contributed by atoms with Gasteiger partial charge in [-0.05, 0) is 30.6 Å². The molecule has 2 nitrogen and oxygen atoms in total. The third kappa shape index (κ3) is 3.06. The quantitative estimate of drug-likeness (QED) is 0.587. The molecular weight excluding hydrogens is 212 g/mol. The van der Waals surface area contributed by atoms with Gasteiger partial charge in [-0.1, -0.05) is 39.0 Å². The number of rotatable bonds is 5. The number of hydrogen-bond donors (Lipinski definition) is 1. The molecule has 0 amide bonds. The maximum Gasteiger partial charge on any atom is 0.159 e. The lowest BCUT2D eigenvalue weighted by Crippen LogP contribution is -2.36. The van der Waals surface area contributed by atoms with Gasteiger partial charge in [0, 0.05) is 18.6 Å². The highest BCUT2D eigenvalue weighted by Crippen LogP contribution is 2.46. The molecule has 0 aromatic heterocycles. The largest absolute Gasteiger partial charge is 0.396 e.